The summed E-state index contributed by atoms with van der Waals surface area (Å²) in [6.07, 6.45) is 0. The number of fused-ring (bicyclic) bond motifs is 14. The third kappa shape index (κ3) is 4.74. The second-order valence-corrected chi connectivity index (χ2v) is 17.7. The van der Waals surface area contributed by atoms with Crippen LogP contribution in [0, 0.1) is 17.9 Å². The molecular weight excluding hydrogens is 795 g/mol. The van der Waals surface area contributed by atoms with Crippen LogP contribution >= 0.6 is 22.7 Å². The van der Waals surface area contributed by atoms with E-state index in [1.165, 1.54) is 30.9 Å². The molecule has 13 rings (SSSR count). The van der Waals surface area contributed by atoms with E-state index in [4.69, 9.17) is 4.42 Å². The van der Waals surface area contributed by atoms with E-state index in [1.807, 2.05) is 66.7 Å². The van der Waals surface area contributed by atoms with E-state index in [0.717, 1.165) is 69.8 Å². The number of hydrogen-bond donors (Lipinski definition) is 0. The smallest absolute Gasteiger partial charge is 0.205 e. The van der Waals surface area contributed by atoms with Gasteiger partial charge in [-0.1, -0.05) is 152 Å². The molecule has 0 N–H and O–H groups in total. The van der Waals surface area contributed by atoms with E-state index in [1.54, 1.807) is 22.7 Å². The highest BCUT2D eigenvalue weighted by Gasteiger charge is 2.32. The zero-order chi connectivity index (χ0) is 41.1. The van der Waals surface area contributed by atoms with Crippen LogP contribution in [-0.4, -0.2) is 4.57 Å². The average Bonchev–Trinajstić information content (AvgIpc) is 4.10. The fraction of sp³-hybridized carbons (Fsp3) is 0. The SMILES string of the molecule is [C-]#[N+]c1c(-c2cccc3oc4ccccc4c23)c(-c2ccccc2)c(C#N)c(-n2c3c(ccc4c5ccccc5sc43)c3ccc4c5ccccc5sc4c32)c1-c1ccccc1. The Balaban J connectivity index is 1.33. The van der Waals surface area contributed by atoms with Gasteiger partial charge in [0.2, 0.25) is 5.69 Å². The van der Waals surface area contributed by atoms with Crippen molar-refractivity contribution in [1.82, 2.24) is 4.57 Å². The minimum atomic E-state index is 0.476. The standard InChI is InChI=1S/C56H29N3OS2/c1-58-51-48(33-17-6-3-7-18-33)52(42(31-57)47(32-15-4-2-5-16-32)50(51)41-22-14-24-44-49(41)40-21-8-11-23-43(40)60-44)59-53-36(27-29-38-34-19-9-12-25-45(34)61-55(38)53)37-28-30-39-35-20-10-13-26-46(35)62-56(39)54(37)59/h2-30H. The first-order valence-electron chi connectivity index (χ1n) is 20.4. The van der Waals surface area contributed by atoms with Gasteiger partial charge in [-0.05, 0) is 52.1 Å². The van der Waals surface area contributed by atoms with Crippen molar-refractivity contribution in [3.8, 4) is 45.1 Å². The van der Waals surface area contributed by atoms with Crippen LogP contribution in [0.2, 0.25) is 0 Å². The Labute approximate surface area is 362 Å². The Morgan fingerprint density at radius 3 is 1.60 bits per heavy atom. The lowest BCUT2D eigenvalue weighted by atomic mass is 9.82. The summed E-state index contributed by atoms with van der Waals surface area (Å²) in [6.45, 7) is 9.31. The van der Waals surface area contributed by atoms with Crippen LogP contribution in [0.1, 0.15) is 5.56 Å². The molecule has 0 spiro atoms. The number of nitrogens with zero attached hydrogens (tertiary/aromatic N) is 3. The zero-order valence-electron chi connectivity index (χ0n) is 32.8. The molecular formula is C56H29N3OS2. The maximum Gasteiger partial charge on any atom is 0.205 e. The van der Waals surface area contributed by atoms with E-state index >= 15 is 0 Å². The Hall–Kier alpha value is -8.00. The zero-order valence-corrected chi connectivity index (χ0v) is 34.4. The van der Waals surface area contributed by atoms with Crippen molar-refractivity contribution in [2.75, 3.05) is 0 Å². The van der Waals surface area contributed by atoms with Crippen molar-refractivity contribution in [2.45, 2.75) is 0 Å². The molecule has 0 saturated carbocycles. The molecule has 6 heteroatoms. The molecule has 0 aliphatic carbocycles. The molecule has 0 aliphatic rings. The van der Waals surface area contributed by atoms with Gasteiger partial charge in [0.15, 0.2) is 0 Å². The van der Waals surface area contributed by atoms with E-state index in [9.17, 15) is 11.8 Å². The summed E-state index contributed by atoms with van der Waals surface area (Å²) >= 11 is 3.57. The van der Waals surface area contributed by atoms with Gasteiger partial charge < -0.3 is 8.98 Å². The van der Waals surface area contributed by atoms with Gasteiger partial charge in [-0.2, -0.15) is 5.26 Å². The Kier molecular flexibility index (Phi) is 7.44. The fourth-order valence-electron chi connectivity index (χ4n) is 9.95. The van der Waals surface area contributed by atoms with Gasteiger partial charge in [0.25, 0.3) is 0 Å². The van der Waals surface area contributed by atoms with Crippen LogP contribution < -0.4 is 0 Å². The normalized spacial score (nSPS) is 11.8. The molecule has 4 heterocycles. The van der Waals surface area contributed by atoms with Gasteiger partial charge in [-0.25, -0.2) is 4.85 Å². The van der Waals surface area contributed by atoms with Gasteiger partial charge >= 0.3 is 0 Å². The molecule has 62 heavy (non-hydrogen) atoms. The van der Waals surface area contributed by atoms with Gasteiger partial charge in [0.05, 0.1) is 38.3 Å². The number of nitriles is 1. The van der Waals surface area contributed by atoms with Gasteiger partial charge in [-0.15, -0.1) is 22.7 Å². The Bertz CT molecular complexity index is 3990. The first-order valence-corrected chi connectivity index (χ1v) is 22.1. The monoisotopic (exact) mass is 823 g/mol. The van der Waals surface area contributed by atoms with Crippen molar-refractivity contribution >= 4 is 112 Å². The van der Waals surface area contributed by atoms with Gasteiger partial charge in [0.1, 0.15) is 17.2 Å². The summed E-state index contributed by atoms with van der Waals surface area (Å²) < 4.78 is 13.5. The minimum absolute atomic E-state index is 0.476. The van der Waals surface area contributed by atoms with E-state index < -0.39 is 0 Å². The molecule has 0 saturated heterocycles. The van der Waals surface area contributed by atoms with E-state index in [2.05, 4.69) is 125 Å². The third-order valence-corrected chi connectivity index (χ3v) is 14.9. The quantitative estimate of drug-likeness (QED) is 0.166. The number of aromatic nitrogens is 1. The van der Waals surface area contributed by atoms with Crippen LogP contribution in [0.4, 0.5) is 5.69 Å². The topological polar surface area (TPSA) is 46.2 Å². The number of benzene rings is 9. The lowest BCUT2D eigenvalue weighted by Gasteiger charge is -2.25. The molecule has 4 aromatic heterocycles. The Morgan fingerprint density at radius 1 is 0.484 bits per heavy atom. The first kappa shape index (κ1) is 34.8. The van der Waals surface area contributed by atoms with Crippen molar-refractivity contribution in [2.24, 2.45) is 0 Å². The van der Waals surface area contributed by atoms with Gasteiger partial charge in [-0.3, -0.25) is 0 Å². The van der Waals surface area contributed by atoms with Gasteiger partial charge in [0, 0.05) is 58.1 Å². The molecule has 286 valence electrons. The molecule has 0 aliphatic heterocycles. The maximum atomic E-state index is 12.1. The predicted octanol–water partition coefficient (Wildman–Crippen LogP) is 16.8. The highest BCUT2D eigenvalue weighted by molar-refractivity contribution is 7.27. The van der Waals surface area contributed by atoms with E-state index in [0.29, 0.717) is 33.6 Å². The maximum absolute atomic E-state index is 12.1. The second-order valence-electron chi connectivity index (χ2n) is 15.6. The van der Waals surface area contributed by atoms with Crippen LogP contribution in [0.15, 0.2) is 180 Å². The Morgan fingerprint density at radius 2 is 1.00 bits per heavy atom. The highest BCUT2D eigenvalue weighted by atomic mass is 32.1. The second kappa shape index (κ2) is 13.3. The summed E-state index contributed by atoms with van der Waals surface area (Å²) in [7, 11) is 0. The first-order chi connectivity index (χ1) is 30.7. The summed E-state index contributed by atoms with van der Waals surface area (Å²) in [5.41, 5.74) is 9.93. The van der Waals surface area contributed by atoms with E-state index in [-0.39, 0.29) is 0 Å². The largest absolute Gasteiger partial charge is 0.456 e. The highest BCUT2D eigenvalue weighted by Crippen LogP contribution is 2.56. The molecule has 0 atom stereocenters. The summed E-state index contributed by atoms with van der Waals surface area (Å²) in [6, 6.07) is 63.6. The lowest BCUT2D eigenvalue weighted by Crippen LogP contribution is -2.05. The van der Waals surface area contributed by atoms with Crippen molar-refractivity contribution < 1.29 is 4.42 Å². The van der Waals surface area contributed by atoms with Crippen molar-refractivity contribution in [3.63, 3.8) is 0 Å². The molecule has 13 aromatic rings. The molecule has 4 nitrogen and oxygen atoms in total. The number of furan rings is 1. The van der Waals surface area contributed by atoms with Crippen molar-refractivity contribution in [1.29, 1.82) is 5.26 Å². The molecule has 0 bridgehead atoms. The third-order valence-electron chi connectivity index (χ3n) is 12.5. The summed E-state index contributed by atoms with van der Waals surface area (Å²) in [4.78, 5) is 4.58. The average molecular weight is 824 g/mol. The van der Waals surface area contributed by atoms with Crippen molar-refractivity contribution in [3.05, 3.63) is 193 Å². The number of hydrogen-bond acceptors (Lipinski definition) is 4. The number of thiophene rings is 2. The predicted molar refractivity (Wildman–Crippen MR) is 261 cm³/mol. The summed E-state index contributed by atoms with van der Waals surface area (Å²) in [5.74, 6) is 0. The number of para-hydroxylation sites is 1. The minimum Gasteiger partial charge on any atom is -0.456 e. The van der Waals surface area contributed by atoms with Crippen LogP contribution in [0.25, 0.3) is 128 Å². The number of rotatable bonds is 4. The van der Waals surface area contributed by atoms with Crippen LogP contribution in [-0.2, 0) is 0 Å². The molecule has 0 amide bonds. The lowest BCUT2D eigenvalue weighted by molar-refractivity contribution is 0.669. The summed E-state index contributed by atoms with van der Waals surface area (Å²) in [5, 5.41) is 20.9. The fourth-order valence-corrected chi connectivity index (χ4v) is 12.4. The molecule has 0 radical (unpaired) electrons. The molecule has 9 aromatic carbocycles. The van der Waals surface area contributed by atoms with Crippen LogP contribution in [0.3, 0.4) is 0 Å². The van der Waals surface area contributed by atoms with Crippen LogP contribution in [0.5, 0.6) is 0 Å². The molecule has 0 fully saturated rings. The molecule has 0 unspecified atom stereocenters.